The minimum Gasteiger partial charge on any atom is -0.390 e. The molecule has 4 aliphatic carbocycles. The molecule has 0 saturated heterocycles. The number of anilines is 1. The second kappa shape index (κ2) is 6.56. The molecule has 5 N–H and O–H groups in total. The number of nitrogens with two attached hydrogens (primary N) is 1. The largest absolute Gasteiger partial charge is 0.390 e. The highest BCUT2D eigenvalue weighted by Crippen LogP contribution is 2.60. The predicted molar refractivity (Wildman–Crippen MR) is 130 cm³/mol. The summed E-state index contributed by atoms with van der Waals surface area (Å²) in [7, 11) is 0. The van der Waals surface area contributed by atoms with E-state index in [2.05, 4.69) is 27.5 Å². The Morgan fingerprint density at radius 3 is 2.65 bits per heavy atom. The third-order valence-electron chi connectivity index (χ3n) is 7.97. The van der Waals surface area contributed by atoms with Crippen molar-refractivity contribution in [1.29, 1.82) is 0 Å². The molecule has 4 bridgehead atoms. The summed E-state index contributed by atoms with van der Waals surface area (Å²) in [4.78, 5) is 16.8. The fraction of sp³-hybridized carbons (Fsp3) is 0.400. The number of carbonyl (C=O) groups is 1. The zero-order valence-electron chi connectivity index (χ0n) is 18.5. The van der Waals surface area contributed by atoms with E-state index in [1.807, 2.05) is 23.8 Å². The average molecular weight is 476 g/mol. The first kappa shape index (κ1) is 20.4. The van der Waals surface area contributed by atoms with E-state index in [-0.39, 0.29) is 5.92 Å². The number of rotatable bonds is 4. The van der Waals surface area contributed by atoms with Crippen molar-refractivity contribution in [3.8, 4) is 11.1 Å². The van der Waals surface area contributed by atoms with Gasteiger partial charge in [-0.3, -0.25) is 4.79 Å². The lowest BCUT2D eigenvalue weighted by Crippen LogP contribution is -2.68. The van der Waals surface area contributed by atoms with Crippen LogP contribution in [0, 0.1) is 5.92 Å². The Morgan fingerprint density at radius 1 is 1.12 bits per heavy atom. The van der Waals surface area contributed by atoms with Crippen LogP contribution >= 0.6 is 11.3 Å². The molecule has 0 spiro atoms. The Labute approximate surface area is 199 Å². The van der Waals surface area contributed by atoms with Crippen LogP contribution in [0.5, 0.6) is 0 Å². The van der Waals surface area contributed by atoms with E-state index in [1.54, 1.807) is 15.9 Å². The van der Waals surface area contributed by atoms with Crippen LogP contribution in [0.2, 0.25) is 0 Å². The number of carbonyl (C=O) groups excluding carboxylic acids is 1. The van der Waals surface area contributed by atoms with Crippen LogP contribution in [-0.2, 0) is 0 Å². The number of fused-ring (bicyclic) bond motifs is 2. The van der Waals surface area contributed by atoms with Crippen LogP contribution in [0.1, 0.15) is 48.9 Å². The van der Waals surface area contributed by atoms with E-state index >= 15 is 0 Å². The van der Waals surface area contributed by atoms with Gasteiger partial charge in [-0.25, -0.2) is 9.50 Å². The summed E-state index contributed by atoms with van der Waals surface area (Å²) in [6.07, 6.45) is 7.22. The molecular weight excluding hydrogens is 450 g/mol. The molecule has 174 valence electrons. The van der Waals surface area contributed by atoms with Crippen molar-refractivity contribution in [3.05, 3.63) is 47.7 Å². The van der Waals surface area contributed by atoms with Gasteiger partial charge in [-0.2, -0.15) is 5.10 Å². The number of benzene rings is 1. The van der Waals surface area contributed by atoms with Crippen LogP contribution in [-0.4, -0.2) is 47.5 Å². The SMILES string of the molecule is NC(=O)c1cnn2cc(-c3ccc4scnc4c3)cc2c1NC12CC3CC(O)(CC(O)(C3)C1)C2. The van der Waals surface area contributed by atoms with Crippen LogP contribution < -0.4 is 11.1 Å². The summed E-state index contributed by atoms with van der Waals surface area (Å²) in [6, 6.07) is 8.16. The first-order chi connectivity index (χ1) is 16.2. The zero-order chi connectivity index (χ0) is 23.3. The molecule has 4 aromatic rings. The number of thiazole rings is 1. The average Bonchev–Trinajstić information content (AvgIpc) is 3.37. The third-order valence-corrected chi connectivity index (χ3v) is 8.78. The van der Waals surface area contributed by atoms with Crippen molar-refractivity contribution in [3.63, 3.8) is 0 Å². The van der Waals surface area contributed by atoms with E-state index in [0.29, 0.717) is 30.5 Å². The van der Waals surface area contributed by atoms with Gasteiger partial charge in [-0.1, -0.05) is 6.07 Å². The molecule has 34 heavy (non-hydrogen) atoms. The maximum absolute atomic E-state index is 12.4. The molecule has 2 unspecified atom stereocenters. The molecule has 0 radical (unpaired) electrons. The first-order valence-electron chi connectivity index (χ1n) is 11.6. The van der Waals surface area contributed by atoms with E-state index in [1.165, 1.54) is 6.20 Å². The normalized spacial score (nSPS) is 32.0. The summed E-state index contributed by atoms with van der Waals surface area (Å²) >= 11 is 1.60. The number of primary amides is 1. The maximum atomic E-state index is 12.4. The third kappa shape index (κ3) is 3.00. The highest BCUT2D eigenvalue weighted by molar-refractivity contribution is 7.16. The lowest BCUT2D eigenvalue weighted by molar-refractivity contribution is -0.200. The minimum absolute atomic E-state index is 0.251. The molecule has 4 fully saturated rings. The molecule has 9 heteroatoms. The number of nitrogens with zero attached hydrogens (tertiary/aromatic N) is 3. The fourth-order valence-corrected chi connectivity index (χ4v) is 7.97. The first-order valence-corrected chi connectivity index (χ1v) is 12.5. The lowest BCUT2D eigenvalue weighted by atomic mass is 9.49. The fourth-order valence-electron chi connectivity index (χ4n) is 7.31. The Bertz CT molecular complexity index is 1470. The van der Waals surface area contributed by atoms with Crippen molar-refractivity contribution >= 4 is 38.7 Å². The number of nitrogens with one attached hydrogen (secondary N) is 1. The maximum Gasteiger partial charge on any atom is 0.252 e. The van der Waals surface area contributed by atoms with Crippen molar-refractivity contribution in [1.82, 2.24) is 14.6 Å². The van der Waals surface area contributed by atoms with Crippen LogP contribution in [0.25, 0.3) is 26.9 Å². The van der Waals surface area contributed by atoms with Crippen molar-refractivity contribution in [2.24, 2.45) is 11.7 Å². The molecule has 2 atom stereocenters. The molecule has 8 nitrogen and oxygen atoms in total. The second-order valence-electron chi connectivity index (χ2n) is 10.8. The number of hydrogen-bond acceptors (Lipinski definition) is 7. The molecular formula is C25H25N5O3S. The van der Waals surface area contributed by atoms with Crippen molar-refractivity contribution in [2.75, 3.05) is 5.32 Å². The van der Waals surface area contributed by atoms with E-state index < -0.39 is 22.6 Å². The molecule has 4 aliphatic rings. The Hall–Kier alpha value is -3.01. The zero-order valence-corrected chi connectivity index (χ0v) is 19.3. The molecule has 1 amide bonds. The van der Waals surface area contributed by atoms with E-state index in [4.69, 9.17) is 5.73 Å². The second-order valence-corrected chi connectivity index (χ2v) is 11.6. The van der Waals surface area contributed by atoms with Crippen molar-refractivity contribution in [2.45, 2.75) is 55.3 Å². The number of hydrogen-bond donors (Lipinski definition) is 4. The smallest absolute Gasteiger partial charge is 0.252 e. The number of aromatic nitrogens is 3. The molecule has 4 saturated carbocycles. The topological polar surface area (TPSA) is 126 Å². The summed E-state index contributed by atoms with van der Waals surface area (Å²) in [6.45, 7) is 0. The lowest BCUT2D eigenvalue weighted by Gasteiger charge is -2.63. The highest BCUT2D eigenvalue weighted by atomic mass is 32.1. The van der Waals surface area contributed by atoms with Gasteiger partial charge >= 0.3 is 0 Å². The van der Waals surface area contributed by atoms with Gasteiger partial charge < -0.3 is 21.3 Å². The van der Waals surface area contributed by atoms with Gasteiger partial charge in [0.1, 0.15) is 0 Å². The van der Waals surface area contributed by atoms with Crippen molar-refractivity contribution < 1.29 is 15.0 Å². The highest BCUT2D eigenvalue weighted by Gasteiger charge is 2.63. The molecule has 1 aromatic carbocycles. The van der Waals surface area contributed by atoms with Gasteiger partial charge in [0.05, 0.1) is 49.9 Å². The Balaban J connectivity index is 1.35. The van der Waals surface area contributed by atoms with Gasteiger partial charge in [-0.05, 0) is 61.8 Å². The van der Waals surface area contributed by atoms with E-state index in [9.17, 15) is 15.0 Å². The van der Waals surface area contributed by atoms with Gasteiger partial charge in [0.25, 0.3) is 5.91 Å². The minimum atomic E-state index is -0.881. The Kier molecular flexibility index (Phi) is 3.93. The molecule has 3 heterocycles. The van der Waals surface area contributed by atoms with Gasteiger partial charge in [-0.15, -0.1) is 11.3 Å². The van der Waals surface area contributed by atoms with Crippen LogP contribution in [0.4, 0.5) is 5.69 Å². The molecule has 8 rings (SSSR count). The summed E-state index contributed by atoms with van der Waals surface area (Å²) in [5.41, 5.74) is 9.88. The van der Waals surface area contributed by atoms with Gasteiger partial charge in [0, 0.05) is 23.7 Å². The van der Waals surface area contributed by atoms with E-state index in [0.717, 1.165) is 46.1 Å². The van der Waals surface area contributed by atoms with Gasteiger partial charge in [0.2, 0.25) is 0 Å². The van der Waals surface area contributed by atoms with Crippen LogP contribution in [0.3, 0.4) is 0 Å². The number of aliphatic hydroxyl groups is 2. The standard InChI is InChI=1S/C25H25N5O3S/c26-22(31)17-8-28-30-9-16(15-1-2-20-18(3-15)27-13-34-20)4-19(30)21(17)29-23-5-14-6-24(32,10-23)12-25(33,7-14)11-23/h1-4,8-9,13-14,29,32-33H,5-7,10-12H2,(H2,26,31). The summed E-state index contributed by atoms with van der Waals surface area (Å²) in [5, 5.41) is 30.5. The monoisotopic (exact) mass is 475 g/mol. The van der Waals surface area contributed by atoms with Gasteiger partial charge in [0.15, 0.2) is 0 Å². The predicted octanol–water partition coefficient (Wildman–Crippen LogP) is 3.32. The summed E-state index contributed by atoms with van der Waals surface area (Å²) in [5.74, 6) is -0.313. The summed E-state index contributed by atoms with van der Waals surface area (Å²) < 4.78 is 2.88. The molecule has 3 aromatic heterocycles. The Morgan fingerprint density at radius 2 is 1.91 bits per heavy atom. The number of amides is 1. The quantitative estimate of drug-likeness (QED) is 0.359. The molecule has 0 aliphatic heterocycles. The van der Waals surface area contributed by atoms with Crippen LogP contribution in [0.15, 0.2) is 42.2 Å².